The number of anilines is 1. The number of aromatic nitrogens is 1. The number of fused-ring (bicyclic) bond motifs is 1. The van der Waals surface area contributed by atoms with Crippen LogP contribution in [0.1, 0.15) is 56.0 Å². The molecule has 1 aromatic heterocycles. The molecule has 0 saturated carbocycles. The molecule has 2 aliphatic rings. The highest BCUT2D eigenvalue weighted by Crippen LogP contribution is 2.40. The van der Waals surface area contributed by atoms with Crippen molar-refractivity contribution in [1.82, 2.24) is 4.98 Å². The van der Waals surface area contributed by atoms with Gasteiger partial charge in [0, 0.05) is 18.0 Å². The summed E-state index contributed by atoms with van der Waals surface area (Å²) in [7, 11) is 0. The van der Waals surface area contributed by atoms with Crippen LogP contribution in [0, 0.1) is 5.92 Å². The van der Waals surface area contributed by atoms with Crippen LogP contribution < -0.4 is 4.90 Å². The van der Waals surface area contributed by atoms with Gasteiger partial charge in [-0.1, -0.05) is 13.3 Å². The van der Waals surface area contributed by atoms with Crippen molar-refractivity contribution < 1.29 is 9.53 Å². The van der Waals surface area contributed by atoms with Gasteiger partial charge in [0.05, 0.1) is 12.3 Å². The zero-order chi connectivity index (χ0) is 14.8. The summed E-state index contributed by atoms with van der Waals surface area (Å²) < 4.78 is 5.18. The minimum atomic E-state index is -0.127. The first kappa shape index (κ1) is 14.8. The fourth-order valence-corrected chi connectivity index (χ4v) is 4.54. The van der Waals surface area contributed by atoms with E-state index >= 15 is 0 Å². The second-order valence-electron chi connectivity index (χ2n) is 5.99. The van der Waals surface area contributed by atoms with Gasteiger partial charge in [0.25, 0.3) is 0 Å². The van der Waals surface area contributed by atoms with Crippen molar-refractivity contribution in [2.75, 3.05) is 24.6 Å². The zero-order valence-corrected chi connectivity index (χ0v) is 13.7. The molecule has 0 radical (unpaired) electrons. The van der Waals surface area contributed by atoms with Crippen LogP contribution in [0.4, 0.5) is 5.13 Å². The molecule has 1 fully saturated rings. The number of carbonyl (C=O) groups is 1. The third-order valence-corrected chi connectivity index (χ3v) is 5.93. The van der Waals surface area contributed by atoms with Crippen LogP contribution in [0.5, 0.6) is 0 Å². The lowest BCUT2D eigenvalue weighted by Gasteiger charge is -2.31. The molecule has 1 aliphatic heterocycles. The molecule has 5 heteroatoms. The van der Waals surface area contributed by atoms with Gasteiger partial charge in [-0.3, -0.25) is 4.79 Å². The van der Waals surface area contributed by atoms with E-state index in [1.807, 2.05) is 6.92 Å². The molecule has 21 heavy (non-hydrogen) atoms. The van der Waals surface area contributed by atoms with E-state index in [2.05, 4.69) is 11.8 Å². The van der Waals surface area contributed by atoms with Gasteiger partial charge in [-0.2, -0.15) is 0 Å². The Morgan fingerprint density at radius 1 is 1.33 bits per heavy atom. The van der Waals surface area contributed by atoms with Gasteiger partial charge < -0.3 is 9.64 Å². The predicted molar refractivity (Wildman–Crippen MR) is 85.0 cm³/mol. The van der Waals surface area contributed by atoms with Gasteiger partial charge in [-0.05, 0) is 38.5 Å². The fourth-order valence-electron chi connectivity index (χ4n) is 3.35. The number of nitrogens with zero attached hydrogens (tertiary/aromatic N) is 2. The molecule has 1 aromatic rings. The molecular weight excluding hydrogens is 284 g/mol. The van der Waals surface area contributed by atoms with Crippen LogP contribution >= 0.6 is 11.3 Å². The molecule has 0 N–H and O–H groups in total. The highest BCUT2D eigenvalue weighted by Gasteiger charge is 2.34. The number of carbonyl (C=O) groups excluding carboxylic acids is 1. The van der Waals surface area contributed by atoms with Crippen molar-refractivity contribution in [2.45, 2.75) is 51.9 Å². The van der Waals surface area contributed by atoms with Gasteiger partial charge in [0.2, 0.25) is 0 Å². The van der Waals surface area contributed by atoms with Gasteiger partial charge in [0.15, 0.2) is 5.13 Å². The van der Waals surface area contributed by atoms with E-state index in [1.165, 1.54) is 24.1 Å². The Morgan fingerprint density at radius 3 is 2.76 bits per heavy atom. The molecule has 1 aliphatic carbocycles. The summed E-state index contributed by atoms with van der Waals surface area (Å²) in [4.78, 5) is 20.5. The third kappa shape index (κ3) is 2.93. The molecule has 0 aromatic carbocycles. The maximum atomic E-state index is 12.0. The van der Waals surface area contributed by atoms with E-state index in [4.69, 9.17) is 9.72 Å². The number of hydrogen-bond acceptors (Lipinski definition) is 5. The van der Waals surface area contributed by atoms with Crippen LogP contribution in [0.15, 0.2) is 0 Å². The van der Waals surface area contributed by atoms with Crippen LogP contribution in [0.3, 0.4) is 0 Å². The van der Waals surface area contributed by atoms with Crippen LogP contribution in [0.2, 0.25) is 0 Å². The molecule has 116 valence electrons. The lowest BCUT2D eigenvalue weighted by molar-refractivity contribution is -0.145. The summed E-state index contributed by atoms with van der Waals surface area (Å²) in [5.41, 5.74) is 0.992. The van der Waals surface area contributed by atoms with E-state index in [9.17, 15) is 4.79 Å². The van der Waals surface area contributed by atoms with Crippen LogP contribution in [0.25, 0.3) is 0 Å². The van der Waals surface area contributed by atoms with Crippen molar-refractivity contribution in [1.29, 1.82) is 0 Å². The summed E-state index contributed by atoms with van der Waals surface area (Å²) in [6, 6.07) is 0. The number of thiazole rings is 1. The van der Waals surface area contributed by atoms with Gasteiger partial charge in [-0.25, -0.2) is 4.98 Å². The predicted octanol–water partition coefficient (Wildman–Crippen LogP) is 3.36. The highest BCUT2D eigenvalue weighted by atomic mass is 32.1. The summed E-state index contributed by atoms with van der Waals surface area (Å²) in [5, 5.41) is 1.11. The number of esters is 1. The normalized spacial score (nSPS) is 22.4. The van der Waals surface area contributed by atoms with Crippen molar-refractivity contribution in [2.24, 2.45) is 5.92 Å². The average molecular weight is 308 g/mol. The fraction of sp³-hybridized carbons (Fsp3) is 0.750. The number of ether oxygens (including phenoxy) is 1. The van der Waals surface area contributed by atoms with Gasteiger partial charge >= 0.3 is 5.97 Å². The Balaban J connectivity index is 1.70. The number of hydrogen-bond donors (Lipinski definition) is 0. The summed E-state index contributed by atoms with van der Waals surface area (Å²) in [5.74, 6) is 0.649. The highest BCUT2D eigenvalue weighted by molar-refractivity contribution is 7.15. The van der Waals surface area contributed by atoms with Crippen LogP contribution in [-0.2, 0) is 16.0 Å². The second-order valence-corrected chi connectivity index (χ2v) is 7.05. The molecule has 1 saturated heterocycles. The number of piperidine rings is 1. The monoisotopic (exact) mass is 308 g/mol. The average Bonchev–Trinajstić information content (AvgIpc) is 3.07. The summed E-state index contributed by atoms with van der Waals surface area (Å²) >= 11 is 1.78. The van der Waals surface area contributed by atoms with Crippen molar-refractivity contribution in [3.63, 3.8) is 0 Å². The van der Waals surface area contributed by atoms with E-state index in [1.54, 1.807) is 11.3 Å². The van der Waals surface area contributed by atoms with Gasteiger partial charge in [-0.15, -0.1) is 11.3 Å². The van der Waals surface area contributed by atoms with E-state index in [0.717, 1.165) is 42.7 Å². The molecule has 4 nitrogen and oxygen atoms in total. The Labute approximate surface area is 130 Å². The van der Waals surface area contributed by atoms with Crippen molar-refractivity contribution >= 4 is 22.4 Å². The maximum Gasteiger partial charge on any atom is 0.315 e. The Hall–Kier alpha value is -1.10. The first-order valence-electron chi connectivity index (χ1n) is 8.14. The summed E-state index contributed by atoms with van der Waals surface area (Å²) in [6.07, 6.45) is 5.66. The summed E-state index contributed by atoms with van der Waals surface area (Å²) in [6.45, 7) is 6.80. The minimum absolute atomic E-state index is 0.0993. The molecule has 2 heterocycles. The molecular formula is C16H24N2O2S. The molecule has 3 rings (SSSR count). The second kappa shape index (κ2) is 6.34. The number of rotatable bonds is 4. The van der Waals surface area contributed by atoms with E-state index in [-0.39, 0.29) is 11.9 Å². The Morgan fingerprint density at radius 2 is 2.10 bits per heavy atom. The molecule has 0 bridgehead atoms. The SMILES string of the molecule is CCOC(=O)C1CCc2sc(N3CCC(CC)CC3)nc21. The number of aryl methyl sites for hydroxylation is 1. The van der Waals surface area contributed by atoms with Gasteiger partial charge in [0.1, 0.15) is 5.92 Å². The van der Waals surface area contributed by atoms with Crippen molar-refractivity contribution in [3.05, 3.63) is 10.6 Å². The standard InChI is InChI=1S/C16H24N2O2S/c1-3-11-7-9-18(10-8-11)16-17-14-12(15(19)20-4-2)5-6-13(14)21-16/h11-12H,3-10H2,1-2H3. The smallest absolute Gasteiger partial charge is 0.315 e. The molecule has 1 unspecified atom stereocenters. The van der Waals surface area contributed by atoms with E-state index in [0.29, 0.717) is 6.61 Å². The Kier molecular flexibility index (Phi) is 4.48. The lowest BCUT2D eigenvalue weighted by Crippen LogP contribution is -2.33. The quantitative estimate of drug-likeness (QED) is 0.800. The zero-order valence-electron chi connectivity index (χ0n) is 12.9. The molecule has 1 atom stereocenters. The lowest BCUT2D eigenvalue weighted by atomic mass is 9.95. The molecule has 0 spiro atoms. The van der Waals surface area contributed by atoms with Crippen molar-refractivity contribution in [3.8, 4) is 0 Å². The minimum Gasteiger partial charge on any atom is -0.465 e. The maximum absolute atomic E-state index is 12.0. The largest absolute Gasteiger partial charge is 0.465 e. The Bertz CT molecular complexity index is 506. The topological polar surface area (TPSA) is 42.4 Å². The van der Waals surface area contributed by atoms with E-state index < -0.39 is 0 Å². The molecule has 0 amide bonds. The first-order valence-corrected chi connectivity index (χ1v) is 8.95. The third-order valence-electron chi connectivity index (χ3n) is 4.74. The first-order chi connectivity index (χ1) is 10.2. The van der Waals surface area contributed by atoms with Crippen LogP contribution in [-0.4, -0.2) is 30.6 Å².